The van der Waals surface area contributed by atoms with Gasteiger partial charge >= 0.3 is 0 Å². The van der Waals surface area contributed by atoms with Gasteiger partial charge in [0.25, 0.3) is 5.91 Å². The third kappa shape index (κ3) is 3.77. The summed E-state index contributed by atoms with van der Waals surface area (Å²) in [5.41, 5.74) is 1.56. The molecule has 0 bridgehead atoms. The average molecular weight is 373 g/mol. The van der Waals surface area contributed by atoms with E-state index >= 15 is 0 Å². The summed E-state index contributed by atoms with van der Waals surface area (Å²) in [5, 5.41) is 5.61. The van der Waals surface area contributed by atoms with Crippen molar-refractivity contribution in [3.8, 4) is 0 Å². The SMILES string of the molecule is O=C(Nc1nc(C2CC2)cs1)C1CCN(C(=O)c2ccc(F)cc2)CC1. The van der Waals surface area contributed by atoms with Gasteiger partial charge in [0.05, 0.1) is 5.69 Å². The van der Waals surface area contributed by atoms with E-state index in [9.17, 15) is 14.0 Å². The van der Waals surface area contributed by atoms with Crippen molar-refractivity contribution in [1.82, 2.24) is 9.88 Å². The molecule has 0 unspecified atom stereocenters. The Bertz CT molecular complexity index is 808. The molecule has 5 nitrogen and oxygen atoms in total. The van der Waals surface area contributed by atoms with Crippen LogP contribution in [0.15, 0.2) is 29.6 Å². The van der Waals surface area contributed by atoms with Crippen LogP contribution in [0.5, 0.6) is 0 Å². The van der Waals surface area contributed by atoms with E-state index in [1.165, 1.54) is 48.4 Å². The number of nitrogens with one attached hydrogen (secondary N) is 1. The summed E-state index contributed by atoms with van der Waals surface area (Å²) in [6, 6.07) is 5.57. The Morgan fingerprint density at radius 2 is 1.81 bits per heavy atom. The number of thiazole rings is 1. The minimum Gasteiger partial charge on any atom is -0.339 e. The van der Waals surface area contributed by atoms with Gasteiger partial charge < -0.3 is 10.2 Å². The van der Waals surface area contributed by atoms with E-state index in [1.54, 1.807) is 4.90 Å². The van der Waals surface area contributed by atoms with Crippen LogP contribution >= 0.6 is 11.3 Å². The maximum Gasteiger partial charge on any atom is 0.253 e. The first-order valence-electron chi connectivity index (χ1n) is 8.91. The lowest BCUT2D eigenvalue weighted by atomic mass is 9.95. The zero-order chi connectivity index (χ0) is 18.1. The van der Waals surface area contributed by atoms with Gasteiger partial charge in [-0.05, 0) is 49.9 Å². The van der Waals surface area contributed by atoms with E-state index < -0.39 is 0 Å². The number of hydrogen-bond donors (Lipinski definition) is 1. The van der Waals surface area contributed by atoms with E-state index in [1.807, 2.05) is 5.38 Å². The summed E-state index contributed by atoms with van der Waals surface area (Å²) in [7, 11) is 0. The molecule has 1 aromatic heterocycles. The molecule has 2 aromatic rings. The number of benzene rings is 1. The van der Waals surface area contributed by atoms with Crippen molar-refractivity contribution in [2.45, 2.75) is 31.6 Å². The molecule has 2 heterocycles. The van der Waals surface area contributed by atoms with Gasteiger partial charge in [-0.1, -0.05) is 0 Å². The second-order valence-corrected chi connectivity index (χ2v) is 7.77. The molecule has 2 amide bonds. The summed E-state index contributed by atoms with van der Waals surface area (Å²) in [4.78, 5) is 31.1. The summed E-state index contributed by atoms with van der Waals surface area (Å²) in [5.74, 6) is -0.0180. The fourth-order valence-electron chi connectivity index (χ4n) is 3.24. The van der Waals surface area contributed by atoms with Gasteiger partial charge in [-0.2, -0.15) is 0 Å². The van der Waals surface area contributed by atoms with Crippen molar-refractivity contribution >= 4 is 28.3 Å². The zero-order valence-electron chi connectivity index (χ0n) is 14.3. The first-order chi connectivity index (χ1) is 12.6. The van der Waals surface area contributed by atoms with Crippen molar-refractivity contribution in [2.24, 2.45) is 5.92 Å². The molecule has 1 saturated carbocycles. The van der Waals surface area contributed by atoms with Crippen molar-refractivity contribution in [3.63, 3.8) is 0 Å². The number of anilines is 1. The second-order valence-electron chi connectivity index (χ2n) is 6.91. The molecule has 2 aliphatic rings. The molecule has 1 aromatic carbocycles. The Balaban J connectivity index is 1.30. The fourth-order valence-corrected chi connectivity index (χ4v) is 4.03. The molecule has 1 saturated heterocycles. The molecule has 4 rings (SSSR count). The highest BCUT2D eigenvalue weighted by molar-refractivity contribution is 7.13. The molecule has 1 aliphatic heterocycles. The molecule has 26 heavy (non-hydrogen) atoms. The standard InChI is InChI=1S/C19H20FN3O2S/c20-15-5-3-14(4-6-15)18(25)23-9-7-13(8-10-23)17(24)22-19-21-16(11-26-19)12-1-2-12/h3-6,11-13H,1-2,7-10H2,(H,21,22,24). The summed E-state index contributed by atoms with van der Waals surface area (Å²) in [6.45, 7) is 1.05. The molecule has 7 heteroatoms. The first-order valence-corrected chi connectivity index (χ1v) is 9.79. The Morgan fingerprint density at radius 3 is 2.46 bits per heavy atom. The third-order valence-electron chi connectivity index (χ3n) is 4.99. The van der Waals surface area contributed by atoms with Crippen LogP contribution in [0.4, 0.5) is 9.52 Å². The van der Waals surface area contributed by atoms with E-state index in [2.05, 4.69) is 10.3 Å². The monoisotopic (exact) mass is 373 g/mol. The predicted molar refractivity (Wildman–Crippen MR) is 97.7 cm³/mol. The normalized spacial score (nSPS) is 18.0. The number of hydrogen-bond acceptors (Lipinski definition) is 4. The van der Waals surface area contributed by atoms with Crippen molar-refractivity contribution < 1.29 is 14.0 Å². The predicted octanol–water partition coefficient (Wildman–Crippen LogP) is 3.65. The fraction of sp³-hybridized carbons (Fsp3) is 0.421. The smallest absolute Gasteiger partial charge is 0.253 e. The first kappa shape index (κ1) is 17.1. The number of halogens is 1. The lowest BCUT2D eigenvalue weighted by Gasteiger charge is -2.31. The molecular formula is C19H20FN3O2S. The van der Waals surface area contributed by atoms with Crippen molar-refractivity contribution in [2.75, 3.05) is 18.4 Å². The quantitative estimate of drug-likeness (QED) is 0.890. The van der Waals surface area contributed by atoms with Gasteiger partial charge in [0.2, 0.25) is 5.91 Å². The summed E-state index contributed by atoms with van der Waals surface area (Å²) in [6.07, 6.45) is 3.63. The van der Waals surface area contributed by atoms with Crippen LogP contribution in [-0.4, -0.2) is 34.8 Å². The Hall–Kier alpha value is -2.28. The van der Waals surface area contributed by atoms with Gasteiger partial charge in [0.1, 0.15) is 5.82 Å². The van der Waals surface area contributed by atoms with Gasteiger partial charge in [-0.15, -0.1) is 11.3 Å². The topological polar surface area (TPSA) is 62.3 Å². The third-order valence-corrected chi connectivity index (χ3v) is 5.77. The lowest BCUT2D eigenvalue weighted by Crippen LogP contribution is -2.41. The van der Waals surface area contributed by atoms with Gasteiger partial charge in [-0.25, -0.2) is 9.37 Å². The van der Waals surface area contributed by atoms with Crippen LogP contribution in [0, 0.1) is 11.7 Å². The van der Waals surface area contributed by atoms with E-state index in [0.29, 0.717) is 42.5 Å². The molecule has 0 spiro atoms. The highest BCUT2D eigenvalue weighted by atomic mass is 32.1. The number of nitrogens with zero attached hydrogens (tertiary/aromatic N) is 2. The van der Waals surface area contributed by atoms with Crippen LogP contribution in [0.1, 0.15) is 47.7 Å². The highest BCUT2D eigenvalue weighted by Gasteiger charge is 2.29. The number of piperidine rings is 1. The Kier molecular flexibility index (Phi) is 4.72. The van der Waals surface area contributed by atoms with Gasteiger partial charge in [0.15, 0.2) is 5.13 Å². The number of carbonyl (C=O) groups is 2. The minimum absolute atomic E-state index is 0.0180. The van der Waals surface area contributed by atoms with E-state index in [4.69, 9.17) is 0 Å². The number of rotatable bonds is 4. The molecule has 1 N–H and O–H groups in total. The maximum absolute atomic E-state index is 13.0. The molecule has 0 atom stereocenters. The summed E-state index contributed by atoms with van der Waals surface area (Å²) < 4.78 is 13.0. The average Bonchev–Trinajstić information content (AvgIpc) is 3.41. The Labute approximate surface area is 155 Å². The molecule has 136 valence electrons. The van der Waals surface area contributed by atoms with E-state index in [-0.39, 0.29) is 23.5 Å². The Morgan fingerprint density at radius 1 is 1.12 bits per heavy atom. The zero-order valence-corrected chi connectivity index (χ0v) is 15.1. The van der Waals surface area contributed by atoms with Crippen LogP contribution in [-0.2, 0) is 4.79 Å². The summed E-state index contributed by atoms with van der Waals surface area (Å²) >= 11 is 1.48. The lowest BCUT2D eigenvalue weighted by molar-refractivity contribution is -0.121. The van der Waals surface area contributed by atoms with E-state index in [0.717, 1.165) is 5.69 Å². The van der Waals surface area contributed by atoms with Crippen molar-refractivity contribution in [3.05, 3.63) is 46.7 Å². The molecule has 0 radical (unpaired) electrons. The highest BCUT2D eigenvalue weighted by Crippen LogP contribution is 2.41. The number of likely N-dealkylation sites (tertiary alicyclic amines) is 1. The second kappa shape index (κ2) is 7.15. The number of aromatic nitrogens is 1. The number of amides is 2. The minimum atomic E-state index is -0.357. The van der Waals surface area contributed by atoms with Crippen molar-refractivity contribution in [1.29, 1.82) is 0 Å². The van der Waals surface area contributed by atoms with Crippen LogP contribution in [0.25, 0.3) is 0 Å². The molecule has 2 fully saturated rings. The molecular weight excluding hydrogens is 353 g/mol. The van der Waals surface area contributed by atoms with Crippen LogP contribution < -0.4 is 5.32 Å². The van der Waals surface area contributed by atoms with Gasteiger partial charge in [0, 0.05) is 35.9 Å². The maximum atomic E-state index is 13.0. The van der Waals surface area contributed by atoms with Crippen LogP contribution in [0.2, 0.25) is 0 Å². The van der Waals surface area contributed by atoms with Crippen LogP contribution in [0.3, 0.4) is 0 Å². The largest absolute Gasteiger partial charge is 0.339 e. The number of carbonyl (C=O) groups excluding carboxylic acids is 2. The molecule has 1 aliphatic carbocycles. The van der Waals surface area contributed by atoms with Gasteiger partial charge in [-0.3, -0.25) is 9.59 Å².